The third-order valence-corrected chi connectivity index (χ3v) is 2.15. The Bertz CT molecular complexity index is 584. The van der Waals surface area contributed by atoms with E-state index in [-0.39, 0.29) is 0 Å². The molecule has 88 valence electrons. The van der Waals surface area contributed by atoms with Crippen LogP contribution in [0.2, 0.25) is 0 Å². The van der Waals surface area contributed by atoms with Crippen molar-refractivity contribution in [1.29, 1.82) is 0 Å². The van der Waals surface area contributed by atoms with Crippen molar-refractivity contribution >= 4 is 11.5 Å². The van der Waals surface area contributed by atoms with E-state index < -0.39 is 11.2 Å². The predicted molar refractivity (Wildman–Crippen MR) is 66.1 cm³/mol. The predicted octanol–water partition coefficient (Wildman–Crippen LogP) is 0.811. The molecule has 1 aromatic heterocycles. The molecule has 0 saturated heterocycles. The summed E-state index contributed by atoms with van der Waals surface area (Å²) in [4.78, 5) is 26.5. The summed E-state index contributed by atoms with van der Waals surface area (Å²) in [6.07, 6.45) is 0. The van der Waals surface area contributed by atoms with E-state index in [1.54, 1.807) is 0 Å². The van der Waals surface area contributed by atoms with Gasteiger partial charge in [0.25, 0.3) is 5.56 Å². The molecule has 17 heavy (non-hydrogen) atoms. The van der Waals surface area contributed by atoms with E-state index in [9.17, 15) is 9.59 Å². The highest BCUT2D eigenvalue weighted by atomic mass is 16.2. The number of H-pyrrole nitrogens is 2. The number of aromatic amines is 2. The fourth-order valence-electron chi connectivity index (χ4n) is 1.31. The smallest absolute Gasteiger partial charge is 0.300 e. The molecule has 0 amide bonds. The highest BCUT2D eigenvalue weighted by Crippen LogP contribution is 2.08. The Kier molecular flexibility index (Phi) is 2.95. The number of hydrogen-bond acceptors (Lipinski definition) is 4. The van der Waals surface area contributed by atoms with Gasteiger partial charge in [-0.25, -0.2) is 4.79 Å². The zero-order valence-corrected chi connectivity index (χ0v) is 9.20. The summed E-state index contributed by atoms with van der Waals surface area (Å²) in [7, 11) is 0. The van der Waals surface area contributed by atoms with Crippen molar-refractivity contribution in [2.45, 2.75) is 6.92 Å². The van der Waals surface area contributed by atoms with Crippen LogP contribution in [0, 0.1) is 6.92 Å². The van der Waals surface area contributed by atoms with Crippen LogP contribution in [0.3, 0.4) is 0 Å². The van der Waals surface area contributed by atoms with Crippen molar-refractivity contribution in [3.05, 3.63) is 56.7 Å². The van der Waals surface area contributed by atoms with Gasteiger partial charge in [0, 0.05) is 6.07 Å². The second-order valence-electron chi connectivity index (χ2n) is 3.62. The minimum absolute atomic E-state index is 0.305. The Balaban J connectivity index is 2.09. The monoisotopic (exact) mass is 232 g/mol. The largest absolute Gasteiger partial charge is 0.327 e. The third-order valence-electron chi connectivity index (χ3n) is 2.15. The Morgan fingerprint density at radius 3 is 2.35 bits per heavy atom. The first-order chi connectivity index (χ1) is 8.13. The van der Waals surface area contributed by atoms with Gasteiger partial charge in [0.1, 0.15) is 5.82 Å². The highest BCUT2D eigenvalue weighted by Gasteiger charge is 1.95. The summed E-state index contributed by atoms with van der Waals surface area (Å²) in [5, 5.41) is 0. The first kappa shape index (κ1) is 11.0. The Hall–Kier alpha value is -2.50. The molecule has 6 heteroatoms. The maximum Gasteiger partial charge on any atom is 0.327 e. The number of benzene rings is 1. The topological polar surface area (TPSA) is 89.8 Å². The molecule has 0 atom stereocenters. The molecule has 0 aliphatic heterocycles. The standard InChI is InChI=1S/C11H12N4O2/c1-7-2-4-8(5-3-7)14-15-9-6-10(16)13-11(17)12-9/h2-6,14H,1H3,(H3,12,13,15,16,17). The minimum atomic E-state index is -0.550. The quantitative estimate of drug-likeness (QED) is 0.589. The van der Waals surface area contributed by atoms with Gasteiger partial charge < -0.3 is 0 Å². The second-order valence-corrected chi connectivity index (χ2v) is 3.62. The lowest BCUT2D eigenvalue weighted by Gasteiger charge is -2.08. The van der Waals surface area contributed by atoms with Crippen molar-refractivity contribution in [3.63, 3.8) is 0 Å². The van der Waals surface area contributed by atoms with E-state index in [1.807, 2.05) is 31.2 Å². The molecule has 0 aliphatic carbocycles. The molecule has 0 aliphatic rings. The van der Waals surface area contributed by atoms with Crippen LogP contribution in [-0.4, -0.2) is 9.97 Å². The van der Waals surface area contributed by atoms with Gasteiger partial charge in [-0.2, -0.15) is 0 Å². The molecule has 2 rings (SSSR count). The zero-order valence-electron chi connectivity index (χ0n) is 9.20. The first-order valence-corrected chi connectivity index (χ1v) is 5.06. The summed E-state index contributed by atoms with van der Waals surface area (Å²) in [5.74, 6) is 0.305. The van der Waals surface area contributed by atoms with Crippen molar-refractivity contribution in [2.75, 3.05) is 10.9 Å². The summed E-state index contributed by atoms with van der Waals surface area (Å²) in [6.45, 7) is 1.99. The lowest BCUT2D eigenvalue weighted by Crippen LogP contribution is -2.24. The second kappa shape index (κ2) is 4.56. The number of rotatable bonds is 3. The van der Waals surface area contributed by atoms with Crippen LogP contribution in [0.1, 0.15) is 5.56 Å². The van der Waals surface area contributed by atoms with Crippen molar-refractivity contribution in [2.24, 2.45) is 0 Å². The maximum absolute atomic E-state index is 11.0. The van der Waals surface area contributed by atoms with E-state index >= 15 is 0 Å². The van der Waals surface area contributed by atoms with Gasteiger partial charge in [0.15, 0.2) is 0 Å². The Morgan fingerprint density at radius 2 is 1.71 bits per heavy atom. The lowest BCUT2D eigenvalue weighted by molar-refractivity contribution is 1.03. The van der Waals surface area contributed by atoms with E-state index in [1.165, 1.54) is 6.07 Å². The summed E-state index contributed by atoms with van der Waals surface area (Å²) in [6, 6.07) is 8.92. The van der Waals surface area contributed by atoms with Crippen LogP contribution in [0.4, 0.5) is 11.5 Å². The molecule has 2 aromatic rings. The normalized spacial score (nSPS) is 9.94. The van der Waals surface area contributed by atoms with Gasteiger partial charge >= 0.3 is 5.69 Å². The lowest BCUT2D eigenvalue weighted by atomic mass is 10.2. The van der Waals surface area contributed by atoms with Crippen LogP contribution < -0.4 is 22.1 Å². The van der Waals surface area contributed by atoms with Gasteiger partial charge in [-0.05, 0) is 19.1 Å². The average molecular weight is 232 g/mol. The van der Waals surface area contributed by atoms with E-state index in [2.05, 4.69) is 20.8 Å². The highest BCUT2D eigenvalue weighted by molar-refractivity contribution is 5.49. The molecule has 4 N–H and O–H groups in total. The van der Waals surface area contributed by atoms with Gasteiger partial charge in [0.2, 0.25) is 0 Å². The van der Waals surface area contributed by atoms with Crippen LogP contribution in [0.25, 0.3) is 0 Å². The summed E-state index contributed by atoms with van der Waals surface area (Å²) < 4.78 is 0. The Labute approximate surface area is 96.7 Å². The fourth-order valence-corrected chi connectivity index (χ4v) is 1.31. The molecule has 0 saturated carbocycles. The van der Waals surface area contributed by atoms with E-state index in [0.29, 0.717) is 5.82 Å². The van der Waals surface area contributed by atoms with Crippen LogP contribution in [0.15, 0.2) is 39.9 Å². The van der Waals surface area contributed by atoms with Crippen LogP contribution >= 0.6 is 0 Å². The van der Waals surface area contributed by atoms with Gasteiger partial charge in [0.05, 0.1) is 5.69 Å². The van der Waals surface area contributed by atoms with Gasteiger partial charge in [-0.15, -0.1) is 0 Å². The van der Waals surface area contributed by atoms with Crippen molar-refractivity contribution in [3.8, 4) is 0 Å². The molecule has 1 heterocycles. The summed E-state index contributed by atoms with van der Waals surface area (Å²) >= 11 is 0. The van der Waals surface area contributed by atoms with Crippen LogP contribution in [-0.2, 0) is 0 Å². The number of nitrogens with one attached hydrogen (secondary N) is 4. The first-order valence-electron chi connectivity index (χ1n) is 5.06. The number of anilines is 2. The molecular formula is C11H12N4O2. The zero-order chi connectivity index (χ0) is 12.3. The fraction of sp³-hybridized carbons (Fsp3) is 0.0909. The number of aromatic nitrogens is 2. The number of hydrogen-bond donors (Lipinski definition) is 4. The molecule has 0 radical (unpaired) electrons. The molecule has 0 unspecified atom stereocenters. The minimum Gasteiger partial charge on any atom is -0.300 e. The molecule has 0 fully saturated rings. The average Bonchev–Trinajstić information content (AvgIpc) is 2.27. The third kappa shape index (κ3) is 2.97. The molecule has 0 bridgehead atoms. The van der Waals surface area contributed by atoms with E-state index in [0.717, 1.165) is 11.3 Å². The van der Waals surface area contributed by atoms with Crippen molar-refractivity contribution < 1.29 is 0 Å². The van der Waals surface area contributed by atoms with Crippen LogP contribution in [0.5, 0.6) is 0 Å². The number of aryl methyl sites for hydroxylation is 1. The maximum atomic E-state index is 11.0. The SMILES string of the molecule is Cc1ccc(NNc2cc(=O)[nH]c(=O)[nH]2)cc1. The molecule has 6 nitrogen and oxygen atoms in total. The van der Waals surface area contributed by atoms with Gasteiger partial charge in [-0.1, -0.05) is 17.7 Å². The van der Waals surface area contributed by atoms with Crippen molar-refractivity contribution in [1.82, 2.24) is 9.97 Å². The Morgan fingerprint density at radius 1 is 1.00 bits per heavy atom. The number of hydrazine groups is 1. The molecule has 0 spiro atoms. The molecular weight excluding hydrogens is 220 g/mol. The summed E-state index contributed by atoms with van der Waals surface area (Å²) in [5.41, 5.74) is 6.58. The van der Waals surface area contributed by atoms with Gasteiger partial charge in [-0.3, -0.25) is 25.6 Å². The molecule has 1 aromatic carbocycles. The van der Waals surface area contributed by atoms with E-state index in [4.69, 9.17) is 0 Å².